The summed E-state index contributed by atoms with van der Waals surface area (Å²) in [6.45, 7) is 4.90. The Hall–Kier alpha value is -3.82. The maximum absolute atomic E-state index is 11.5. The Morgan fingerprint density at radius 1 is 1.19 bits per heavy atom. The lowest BCUT2D eigenvalue weighted by atomic mass is 9.98. The van der Waals surface area contributed by atoms with Gasteiger partial charge in [0.05, 0.1) is 31.0 Å². The standard InChI is InChI=1S/C26H32N4O5S.C2HF3O2/c1-25(2,11-14-36-23-20(24(31)32)7-6-12-28-23)30-26(10-4-5-13-35-26)29-18-8-9-19(21(15-18)33-3)22-16-27-17-34-22;3-2(4,5)1(6)7/h6-9,12,15-17,29-30H,4-5,10-11,13-14H2,1-3H3,(H,31,32);(H,6,7). The highest BCUT2D eigenvalue weighted by atomic mass is 32.2. The zero-order valence-corrected chi connectivity index (χ0v) is 24.6. The van der Waals surface area contributed by atoms with Crippen molar-refractivity contribution in [2.24, 2.45) is 0 Å². The van der Waals surface area contributed by atoms with Gasteiger partial charge in [-0.3, -0.25) is 5.32 Å². The second kappa shape index (κ2) is 14.6. The molecule has 2 aromatic heterocycles. The van der Waals surface area contributed by atoms with Crippen molar-refractivity contribution in [3.05, 3.63) is 54.7 Å². The Morgan fingerprint density at radius 2 is 1.93 bits per heavy atom. The number of alkyl halides is 3. The number of nitrogens with one attached hydrogen (secondary N) is 2. The number of oxazole rings is 1. The van der Waals surface area contributed by atoms with Gasteiger partial charge in [-0.1, -0.05) is 0 Å². The van der Waals surface area contributed by atoms with E-state index in [4.69, 9.17) is 23.8 Å². The van der Waals surface area contributed by atoms with E-state index in [1.165, 1.54) is 18.2 Å². The molecule has 0 radical (unpaired) electrons. The summed E-state index contributed by atoms with van der Waals surface area (Å²) in [6, 6.07) is 9.06. The third kappa shape index (κ3) is 9.86. The van der Waals surface area contributed by atoms with Crippen LogP contribution in [0.1, 0.15) is 49.9 Å². The van der Waals surface area contributed by atoms with Gasteiger partial charge in [0, 0.05) is 35.7 Å². The molecule has 15 heteroatoms. The van der Waals surface area contributed by atoms with E-state index in [0.717, 1.165) is 36.9 Å². The fraction of sp³-hybridized carbons (Fsp3) is 0.429. The second-order valence-electron chi connectivity index (χ2n) is 10.1. The smallest absolute Gasteiger partial charge is 0.490 e. The van der Waals surface area contributed by atoms with Gasteiger partial charge in [0.2, 0.25) is 0 Å². The molecule has 3 heterocycles. The van der Waals surface area contributed by atoms with Crippen molar-refractivity contribution in [1.82, 2.24) is 15.3 Å². The summed E-state index contributed by atoms with van der Waals surface area (Å²) in [7, 11) is 1.63. The van der Waals surface area contributed by atoms with Crippen LogP contribution in [0.5, 0.6) is 5.75 Å². The van der Waals surface area contributed by atoms with Gasteiger partial charge >= 0.3 is 18.1 Å². The molecule has 11 nitrogen and oxygen atoms in total. The summed E-state index contributed by atoms with van der Waals surface area (Å²) < 4.78 is 49.1. The number of ether oxygens (including phenoxy) is 2. The molecular weight excluding hydrogens is 593 g/mol. The molecule has 1 atom stereocenters. The number of rotatable bonds is 11. The summed E-state index contributed by atoms with van der Waals surface area (Å²) in [5.74, 6) is -2.46. The van der Waals surface area contributed by atoms with Crippen molar-refractivity contribution < 1.29 is 46.9 Å². The number of methoxy groups -OCH3 is 1. The number of aliphatic carboxylic acids is 1. The number of aromatic nitrogens is 2. The average molecular weight is 627 g/mol. The Kier molecular flexibility index (Phi) is 11.4. The molecule has 234 valence electrons. The lowest BCUT2D eigenvalue weighted by Gasteiger charge is -2.45. The minimum Gasteiger partial charge on any atom is -0.496 e. The summed E-state index contributed by atoms with van der Waals surface area (Å²) in [5.41, 5.74) is 1.60. The maximum atomic E-state index is 11.5. The zero-order chi connectivity index (χ0) is 31.7. The van der Waals surface area contributed by atoms with Crippen LogP contribution >= 0.6 is 11.8 Å². The van der Waals surface area contributed by atoms with Crippen LogP contribution in [0, 0.1) is 0 Å². The molecule has 0 amide bonds. The first-order chi connectivity index (χ1) is 20.3. The van der Waals surface area contributed by atoms with Crippen molar-refractivity contribution >= 4 is 29.4 Å². The number of hydrogen-bond acceptors (Lipinski definition) is 10. The topological polar surface area (TPSA) is 156 Å². The molecule has 0 bridgehead atoms. The van der Waals surface area contributed by atoms with Gasteiger partial charge < -0.3 is 29.4 Å². The van der Waals surface area contributed by atoms with Gasteiger partial charge in [-0.15, -0.1) is 11.8 Å². The van der Waals surface area contributed by atoms with Crippen LogP contribution in [-0.4, -0.2) is 69.2 Å². The number of pyridine rings is 1. The Balaban J connectivity index is 0.000000646. The molecule has 1 aliphatic rings. The van der Waals surface area contributed by atoms with E-state index in [1.807, 2.05) is 18.2 Å². The highest BCUT2D eigenvalue weighted by Gasteiger charge is 2.39. The molecule has 43 heavy (non-hydrogen) atoms. The number of benzene rings is 1. The van der Waals surface area contributed by atoms with Gasteiger partial charge in [-0.2, -0.15) is 13.2 Å². The number of halogens is 3. The number of carboxylic acid groups (broad SMARTS) is 2. The third-order valence-electron chi connectivity index (χ3n) is 6.27. The van der Waals surface area contributed by atoms with Crippen molar-refractivity contribution in [2.75, 3.05) is 24.8 Å². The zero-order valence-electron chi connectivity index (χ0n) is 23.7. The van der Waals surface area contributed by atoms with E-state index in [0.29, 0.717) is 28.9 Å². The van der Waals surface area contributed by atoms with E-state index >= 15 is 0 Å². The number of carboxylic acids is 2. The van der Waals surface area contributed by atoms with Crippen molar-refractivity contribution in [2.45, 2.75) is 62.1 Å². The summed E-state index contributed by atoms with van der Waals surface area (Å²) in [4.78, 5) is 28.6. The van der Waals surface area contributed by atoms with E-state index in [2.05, 4.69) is 34.4 Å². The van der Waals surface area contributed by atoms with Crippen molar-refractivity contribution in [3.63, 3.8) is 0 Å². The van der Waals surface area contributed by atoms with E-state index in [1.54, 1.807) is 31.6 Å². The fourth-order valence-electron chi connectivity index (χ4n) is 4.26. The highest BCUT2D eigenvalue weighted by Crippen LogP contribution is 2.35. The van der Waals surface area contributed by atoms with Gasteiger partial charge in [-0.05, 0) is 57.4 Å². The molecule has 4 rings (SSSR count). The van der Waals surface area contributed by atoms with Crippen LogP contribution in [0.4, 0.5) is 18.9 Å². The molecule has 4 N–H and O–H groups in total. The number of thioether (sulfide) groups is 1. The van der Waals surface area contributed by atoms with Crippen LogP contribution in [0.2, 0.25) is 0 Å². The summed E-state index contributed by atoms with van der Waals surface area (Å²) in [5, 5.41) is 24.4. The van der Waals surface area contributed by atoms with E-state index < -0.39 is 24.0 Å². The summed E-state index contributed by atoms with van der Waals surface area (Å²) >= 11 is 1.45. The van der Waals surface area contributed by atoms with Crippen molar-refractivity contribution in [3.8, 4) is 17.1 Å². The molecule has 1 fully saturated rings. The predicted molar refractivity (Wildman–Crippen MR) is 152 cm³/mol. The molecule has 0 saturated carbocycles. The molecule has 1 aliphatic heterocycles. The highest BCUT2D eigenvalue weighted by molar-refractivity contribution is 7.99. The predicted octanol–water partition coefficient (Wildman–Crippen LogP) is 5.89. The van der Waals surface area contributed by atoms with Crippen LogP contribution < -0.4 is 15.4 Å². The van der Waals surface area contributed by atoms with Gasteiger partial charge in [0.15, 0.2) is 18.0 Å². The van der Waals surface area contributed by atoms with Crippen LogP contribution in [0.25, 0.3) is 11.3 Å². The molecule has 1 unspecified atom stereocenters. The minimum atomic E-state index is -5.08. The van der Waals surface area contributed by atoms with Crippen molar-refractivity contribution in [1.29, 1.82) is 0 Å². The molecular formula is C28H33F3N4O7S. The summed E-state index contributed by atoms with van der Waals surface area (Å²) in [6.07, 6.45) is 3.18. The van der Waals surface area contributed by atoms with Crippen LogP contribution in [0.15, 0.2) is 58.6 Å². The van der Waals surface area contributed by atoms with Crippen LogP contribution in [0.3, 0.4) is 0 Å². The number of carbonyl (C=O) groups is 2. The first-order valence-corrected chi connectivity index (χ1v) is 14.1. The quantitative estimate of drug-likeness (QED) is 0.148. The first kappa shape index (κ1) is 33.7. The lowest BCUT2D eigenvalue weighted by Crippen LogP contribution is -2.62. The van der Waals surface area contributed by atoms with E-state index in [9.17, 15) is 23.1 Å². The number of nitrogens with zero attached hydrogens (tertiary/aromatic N) is 2. The lowest BCUT2D eigenvalue weighted by molar-refractivity contribution is -0.192. The number of aromatic carboxylic acids is 1. The fourth-order valence-corrected chi connectivity index (χ4v) is 5.51. The Morgan fingerprint density at radius 3 is 2.51 bits per heavy atom. The molecule has 1 saturated heterocycles. The minimum absolute atomic E-state index is 0.227. The molecule has 0 aliphatic carbocycles. The number of hydrogen-bond donors (Lipinski definition) is 4. The third-order valence-corrected chi connectivity index (χ3v) is 7.27. The Labute approximate surface area is 250 Å². The number of anilines is 1. The molecule has 3 aromatic rings. The van der Waals surface area contributed by atoms with Gasteiger partial charge in [-0.25, -0.2) is 19.6 Å². The normalized spacial score (nSPS) is 17.0. The largest absolute Gasteiger partial charge is 0.496 e. The van der Waals surface area contributed by atoms with E-state index in [-0.39, 0.29) is 11.1 Å². The maximum Gasteiger partial charge on any atom is 0.490 e. The molecule has 0 spiro atoms. The second-order valence-corrected chi connectivity index (χ2v) is 11.2. The first-order valence-electron chi connectivity index (χ1n) is 13.1. The Bertz CT molecular complexity index is 1360. The molecule has 1 aromatic carbocycles. The SMILES string of the molecule is COc1cc(NC2(NC(C)(C)CCSc3ncccc3C(=O)O)CCCCO2)ccc1-c1cnco1.O=C(O)C(F)(F)F. The average Bonchev–Trinajstić information content (AvgIpc) is 3.48. The van der Waals surface area contributed by atoms with Crippen LogP contribution in [-0.2, 0) is 9.53 Å². The van der Waals surface area contributed by atoms with Gasteiger partial charge in [0.1, 0.15) is 10.8 Å². The monoisotopic (exact) mass is 626 g/mol. The van der Waals surface area contributed by atoms with Gasteiger partial charge in [0.25, 0.3) is 0 Å².